The summed E-state index contributed by atoms with van der Waals surface area (Å²) in [6.45, 7) is 2.86. The zero-order valence-corrected chi connectivity index (χ0v) is 12.6. The fourth-order valence-electron chi connectivity index (χ4n) is 1.65. The van der Waals surface area contributed by atoms with Gasteiger partial charge in [0.05, 0.1) is 13.2 Å². The fraction of sp³-hybridized carbons (Fsp3) is 0.929. The lowest BCUT2D eigenvalue weighted by Crippen LogP contribution is -2.10. The van der Waals surface area contributed by atoms with Gasteiger partial charge in [-0.2, -0.15) is 0 Å². The second-order valence-electron chi connectivity index (χ2n) is 4.60. The van der Waals surface area contributed by atoms with Gasteiger partial charge in [0.25, 0.3) is 0 Å². The molecule has 1 amide bonds. The Morgan fingerprint density at radius 2 is 1.32 bits per heavy atom. The number of unbranched alkanes of at least 4 members (excludes halogenated alkanes) is 5. The first-order chi connectivity index (χ1) is 9.27. The Labute approximate surface area is 122 Å². The Morgan fingerprint density at radius 3 is 1.84 bits per heavy atom. The molecule has 0 saturated carbocycles. The van der Waals surface area contributed by atoms with E-state index in [0.29, 0.717) is 19.6 Å². The average Bonchev–Trinajstić information content (AvgIpc) is 2.39. The topological polar surface area (TPSA) is 61.6 Å². The quantitative estimate of drug-likeness (QED) is 0.373. The summed E-state index contributed by atoms with van der Waals surface area (Å²) < 4.78 is 10.9. The number of hydrogen-bond acceptors (Lipinski definition) is 3. The van der Waals surface area contributed by atoms with Crippen LogP contribution in [0.3, 0.4) is 0 Å². The SMILES string of the molecule is NC(=O)CCCCCOCCOCCCCCCCl. The zero-order valence-electron chi connectivity index (χ0n) is 11.9. The van der Waals surface area contributed by atoms with Crippen LogP contribution in [0.1, 0.15) is 51.4 Å². The van der Waals surface area contributed by atoms with Crippen LogP contribution < -0.4 is 5.73 Å². The van der Waals surface area contributed by atoms with E-state index in [1.54, 1.807) is 0 Å². The van der Waals surface area contributed by atoms with Gasteiger partial charge in [-0.25, -0.2) is 0 Å². The van der Waals surface area contributed by atoms with E-state index in [9.17, 15) is 4.79 Å². The standard InChI is InChI=1S/C14H28ClNO3/c15-9-5-1-2-6-10-18-12-13-19-11-7-3-4-8-14(16)17/h1-13H2,(H2,16,17). The first-order valence-corrected chi connectivity index (χ1v) is 7.80. The number of nitrogens with two attached hydrogens (primary N) is 1. The van der Waals surface area contributed by atoms with Crippen LogP contribution in [-0.2, 0) is 14.3 Å². The van der Waals surface area contributed by atoms with E-state index in [-0.39, 0.29) is 5.91 Å². The Bertz CT molecular complexity index is 203. The number of alkyl halides is 1. The Morgan fingerprint density at radius 1 is 0.789 bits per heavy atom. The van der Waals surface area contributed by atoms with Crippen molar-refractivity contribution < 1.29 is 14.3 Å². The number of ether oxygens (including phenoxy) is 2. The highest BCUT2D eigenvalue weighted by molar-refractivity contribution is 6.17. The van der Waals surface area contributed by atoms with Crippen LogP contribution >= 0.6 is 11.6 Å². The molecule has 4 nitrogen and oxygen atoms in total. The van der Waals surface area contributed by atoms with Gasteiger partial charge in [0.15, 0.2) is 0 Å². The molecule has 0 heterocycles. The molecule has 0 aliphatic carbocycles. The molecule has 0 spiro atoms. The summed E-state index contributed by atoms with van der Waals surface area (Å²) in [5, 5.41) is 0. The molecule has 0 bridgehead atoms. The van der Waals surface area contributed by atoms with Crippen molar-refractivity contribution in [3.05, 3.63) is 0 Å². The van der Waals surface area contributed by atoms with E-state index >= 15 is 0 Å². The first kappa shape index (κ1) is 18.7. The molecule has 0 atom stereocenters. The molecule has 19 heavy (non-hydrogen) atoms. The Hall–Kier alpha value is -0.320. The van der Waals surface area contributed by atoms with E-state index < -0.39 is 0 Å². The molecule has 2 N–H and O–H groups in total. The third-order valence-corrected chi connectivity index (χ3v) is 3.02. The minimum atomic E-state index is -0.222. The summed E-state index contributed by atoms with van der Waals surface area (Å²) in [4.78, 5) is 10.5. The second kappa shape index (κ2) is 15.7. The van der Waals surface area contributed by atoms with Crippen molar-refractivity contribution in [2.45, 2.75) is 51.4 Å². The minimum absolute atomic E-state index is 0.222. The molecule has 0 fully saturated rings. The highest BCUT2D eigenvalue weighted by atomic mass is 35.5. The largest absolute Gasteiger partial charge is 0.379 e. The molecule has 0 aliphatic heterocycles. The van der Waals surface area contributed by atoms with Crippen LogP contribution in [0.25, 0.3) is 0 Å². The first-order valence-electron chi connectivity index (χ1n) is 7.27. The number of halogens is 1. The summed E-state index contributed by atoms with van der Waals surface area (Å²) in [6, 6.07) is 0. The summed E-state index contributed by atoms with van der Waals surface area (Å²) in [5.41, 5.74) is 5.05. The number of hydrogen-bond donors (Lipinski definition) is 1. The monoisotopic (exact) mass is 293 g/mol. The van der Waals surface area contributed by atoms with Gasteiger partial charge in [-0.05, 0) is 25.7 Å². The van der Waals surface area contributed by atoms with Crippen molar-refractivity contribution >= 4 is 17.5 Å². The second-order valence-corrected chi connectivity index (χ2v) is 4.98. The minimum Gasteiger partial charge on any atom is -0.379 e. The van der Waals surface area contributed by atoms with Crippen LogP contribution in [0, 0.1) is 0 Å². The van der Waals surface area contributed by atoms with E-state index in [1.165, 1.54) is 12.8 Å². The molecular weight excluding hydrogens is 266 g/mol. The van der Waals surface area contributed by atoms with Crippen LogP contribution in [0.2, 0.25) is 0 Å². The smallest absolute Gasteiger partial charge is 0.217 e. The van der Waals surface area contributed by atoms with Crippen molar-refractivity contribution in [1.29, 1.82) is 0 Å². The normalized spacial score (nSPS) is 10.8. The van der Waals surface area contributed by atoms with E-state index in [0.717, 1.165) is 51.2 Å². The summed E-state index contributed by atoms with van der Waals surface area (Å²) in [5.74, 6) is 0.536. The maximum Gasteiger partial charge on any atom is 0.217 e. The number of rotatable bonds is 15. The molecule has 0 unspecified atom stereocenters. The fourth-order valence-corrected chi connectivity index (χ4v) is 1.84. The van der Waals surface area contributed by atoms with Gasteiger partial charge in [-0.1, -0.05) is 19.3 Å². The summed E-state index contributed by atoms with van der Waals surface area (Å²) in [7, 11) is 0. The van der Waals surface area contributed by atoms with Crippen molar-refractivity contribution in [2.24, 2.45) is 5.73 Å². The third kappa shape index (κ3) is 17.7. The molecule has 114 valence electrons. The maximum atomic E-state index is 10.5. The predicted octanol–water partition coefficient (Wildman–Crippen LogP) is 2.86. The van der Waals surface area contributed by atoms with Crippen molar-refractivity contribution in [3.8, 4) is 0 Å². The van der Waals surface area contributed by atoms with Gasteiger partial charge in [-0.15, -0.1) is 11.6 Å². The van der Waals surface area contributed by atoms with Crippen LogP contribution in [-0.4, -0.2) is 38.2 Å². The van der Waals surface area contributed by atoms with Gasteiger partial charge >= 0.3 is 0 Å². The molecule has 0 rings (SSSR count). The van der Waals surface area contributed by atoms with Gasteiger partial charge in [0.1, 0.15) is 0 Å². The van der Waals surface area contributed by atoms with Crippen LogP contribution in [0.5, 0.6) is 0 Å². The van der Waals surface area contributed by atoms with Crippen molar-refractivity contribution in [1.82, 2.24) is 0 Å². The highest BCUT2D eigenvalue weighted by Gasteiger charge is 1.95. The Kier molecular flexibility index (Phi) is 15.5. The summed E-state index contributed by atoms with van der Waals surface area (Å²) >= 11 is 5.59. The average molecular weight is 294 g/mol. The van der Waals surface area contributed by atoms with Gasteiger partial charge < -0.3 is 15.2 Å². The van der Waals surface area contributed by atoms with Gasteiger partial charge in [-0.3, -0.25) is 4.79 Å². The van der Waals surface area contributed by atoms with Crippen LogP contribution in [0.15, 0.2) is 0 Å². The van der Waals surface area contributed by atoms with Crippen molar-refractivity contribution in [2.75, 3.05) is 32.3 Å². The number of amides is 1. The van der Waals surface area contributed by atoms with Gasteiger partial charge in [0.2, 0.25) is 5.91 Å². The molecule has 0 saturated heterocycles. The molecular formula is C14H28ClNO3. The van der Waals surface area contributed by atoms with Gasteiger partial charge in [0, 0.05) is 25.5 Å². The maximum absolute atomic E-state index is 10.5. The number of primary amides is 1. The van der Waals surface area contributed by atoms with E-state index in [1.807, 2.05) is 0 Å². The van der Waals surface area contributed by atoms with E-state index in [4.69, 9.17) is 26.8 Å². The molecule has 0 aromatic rings. The lowest BCUT2D eigenvalue weighted by Gasteiger charge is -2.05. The summed E-state index contributed by atoms with van der Waals surface area (Å²) in [6.07, 6.45) is 7.88. The molecule has 0 aromatic heterocycles. The Balaban J connectivity index is 2.93. The third-order valence-electron chi connectivity index (χ3n) is 2.76. The highest BCUT2D eigenvalue weighted by Crippen LogP contribution is 2.01. The predicted molar refractivity (Wildman–Crippen MR) is 78.5 cm³/mol. The zero-order chi connectivity index (χ0) is 14.2. The molecule has 0 radical (unpaired) electrons. The van der Waals surface area contributed by atoms with Crippen LogP contribution in [0.4, 0.5) is 0 Å². The van der Waals surface area contributed by atoms with Crippen molar-refractivity contribution in [3.63, 3.8) is 0 Å². The lowest BCUT2D eigenvalue weighted by molar-refractivity contribution is -0.118. The molecule has 0 aromatic carbocycles. The number of carbonyl (C=O) groups is 1. The number of carbonyl (C=O) groups excluding carboxylic acids is 1. The van der Waals surface area contributed by atoms with E-state index in [2.05, 4.69) is 0 Å². The molecule has 5 heteroatoms. The molecule has 0 aliphatic rings. The lowest BCUT2D eigenvalue weighted by atomic mass is 10.2.